The molecule has 0 unspecified atom stereocenters. The van der Waals surface area contributed by atoms with Gasteiger partial charge in [-0.2, -0.15) is 4.31 Å². The van der Waals surface area contributed by atoms with E-state index in [-0.39, 0.29) is 12.3 Å². The van der Waals surface area contributed by atoms with Crippen LogP contribution in [0.25, 0.3) is 0 Å². The maximum atomic E-state index is 14.8. The number of carbonyl (C=O) groups excluding carboxylic acids is 2. The minimum atomic E-state index is -4.68. The van der Waals surface area contributed by atoms with Gasteiger partial charge in [-0.1, -0.05) is 11.6 Å². The minimum absolute atomic E-state index is 0.0579. The highest BCUT2D eigenvalue weighted by Gasteiger charge is 2.42. The molecule has 2 aromatic carbocycles. The van der Waals surface area contributed by atoms with E-state index in [0.717, 1.165) is 4.90 Å². The smallest absolute Gasteiger partial charge is 0.429 e. The maximum absolute atomic E-state index is 14.8. The topological polar surface area (TPSA) is 138 Å². The summed E-state index contributed by atoms with van der Waals surface area (Å²) in [6, 6.07) is 5.10. The molecule has 0 aliphatic carbocycles. The summed E-state index contributed by atoms with van der Waals surface area (Å²) in [6.07, 6.45) is -0.833. The molecule has 2 N–H and O–H groups in total. The summed E-state index contributed by atoms with van der Waals surface area (Å²) in [6.45, 7) is 0.255. The number of amides is 2. The number of piperazine rings is 1. The normalized spacial score (nSPS) is 19.2. The lowest BCUT2D eigenvalue weighted by Crippen LogP contribution is -2.61. The Morgan fingerprint density at radius 3 is 2.29 bits per heavy atom. The van der Waals surface area contributed by atoms with Gasteiger partial charge in [0.15, 0.2) is 17.4 Å². The molecule has 2 aliphatic rings. The van der Waals surface area contributed by atoms with Crippen molar-refractivity contribution in [3.8, 4) is 11.5 Å². The molecule has 4 rings (SSSR count). The van der Waals surface area contributed by atoms with Crippen LogP contribution in [-0.2, 0) is 24.4 Å². The van der Waals surface area contributed by atoms with Crippen molar-refractivity contribution in [2.75, 3.05) is 45.9 Å². The summed E-state index contributed by atoms with van der Waals surface area (Å²) in [5.74, 6) is -4.56. The average Bonchev–Trinajstić information content (AvgIpc) is 2.91. The van der Waals surface area contributed by atoms with Crippen LogP contribution in [0, 0.1) is 11.6 Å². The average molecular weight is 577 g/mol. The number of ether oxygens (including phenoxy) is 2. The van der Waals surface area contributed by atoms with Crippen molar-refractivity contribution in [2.24, 2.45) is 0 Å². The summed E-state index contributed by atoms with van der Waals surface area (Å²) in [7, 11) is -4.68. The van der Waals surface area contributed by atoms with E-state index in [2.05, 4.69) is 0 Å². The van der Waals surface area contributed by atoms with Gasteiger partial charge in [-0.25, -0.2) is 27.5 Å². The first-order valence-corrected chi connectivity index (χ1v) is 13.1. The summed E-state index contributed by atoms with van der Waals surface area (Å²) in [4.78, 5) is 30.5. The molecule has 0 bridgehead atoms. The third kappa shape index (κ3) is 6.14. The summed E-state index contributed by atoms with van der Waals surface area (Å²) in [5.41, 5.74) is 1.36. The fraction of sp³-hybridized carbons (Fsp3) is 0.364. The maximum Gasteiger partial charge on any atom is 0.429 e. The Morgan fingerprint density at radius 1 is 1.05 bits per heavy atom. The number of morpholine rings is 1. The Kier molecular flexibility index (Phi) is 8.64. The fourth-order valence-electron chi connectivity index (χ4n) is 3.85. The highest BCUT2D eigenvalue weighted by Crippen LogP contribution is 2.32. The van der Waals surface area contributed by atoms with Crippen LogP contribution in [0.5, 0.6) is 11.5 Å². The number of sulfonamides is 1. The van der Waals surface area contributed by atoms with Crippen molar-refractivity contribution >= 4 is 33.6 Å². The molecular formula is C22H23ClF2N4O8S. The van der Waals surface area contributed by atoms with Gasteiger partial charge in [0.2, 0.25) is 10.0 Å². The predicted octanol–water partition coefficient (Wildman–Crippen LogP) is 1.97. The Balaban J connectivity index is 1.54. The Labute approximate surface area is 221 Å². The first kappa shape index (κ1) is 27.9. The molecule has 2 amide bonds. The van der Waals surface area contributed by atoms with Crippen molar-refractivity contribution in [3.63, 3.8) is 0 Å². The van der Waals surface area contributed by atoms with E-state index in [1.54, 1.807) is 0 Å². The lowest BCUT2D eigenvalue weighted by atomic mass is 10.2. The third-order valence-corrected chi connectivity index (χ3v) is 7.93. The zero-order valence-electron chi connectivity index (χ0n) is 19.7. The van der Waals surface area contributed by atoms with Crippen LogP contribution in [0.1, 0.15) is 0 Å². The summed E-state index contributed by atoms with van der Waals surface area (Å²) in [5, 5.41) is 10.9. The van der Waals surface area contributed by atoms with Crippen molar-refractivity contribution in [2.45, 2.75) is 10.9 Å². The van der Waals surface area contributed by atoms with E-state index in [4.69, 9.17) is 25.9 Å². The second-order valence-corrected chi connectivity index (χ2v) is 10.6. The van der Waals surface area contributed by atoms with Crippen molar-refractivity contribution in [1.82, 2.24) is 19.7 Å². The SMILES string of the molecule is O=C(NO)[C@H]1CN(C(=O)ON2CCOCC2)CCN1S(=O)(=O)c1cc(F)c(Oc2ccc(Cl)cc2)c(F)c1. The van der Waals surface area contributed by atoms with E-state index in [1.165, 1.54) is 34.8 Å². The number of hydroxylamine groups is 3. The second-order valence-electron chi connectivity index (χ2n) is 8.22. The van der Waals surface area contributed by atoms with Crippen LogP contribution < -0.4 is 10.2 Å². The molecule has 0 spiro atoms. The molecule has 2 saturated heterocycles. The van der Waals surface area contributed by atoms with E-state index in [9.17, 15) is 32.0 Å². The van der Waals surface area contributed by atoms with E-state index in [1.807, 2.05) is 0 Å². The number of nitrogens with one attached hydrogen (secondary N) is 1. The number of nitrogens with zero attached hydrogens (tertiary/aromatic N) is 3. The Bertz CT molecular complexity index is 1270. The number of hydrogen-bond donors (Lipinski definition) is 2. The predicted molar refractivity (Wildman–Crippen MR) is 126 cm³/mol. The first-order valence-electron chi connectivity index (χ1n) is 11.3. The molecule has 16 heteroatoms. The van der Waals surface area contributed by atoms with Crippen LogP contribution in [-0.4, -0.2) is 91.9 Å². The van der Waals surface area contributed by atoms with E-state index in [0.29, 0.717) is 47.8 Å². The number of halogens is 3. The standard InChI is InChI=1S/C22H23ClF2N4O8S/c23-14-1-3-15(4-2-14)36-20-17(24)11-16(12-18(20)25)38(33,34)29-6-5-27(13-19(29)21(30)26-32)22(31)37-28-7-9-35-10-8-28/h1-4,11-12,19,32H,5-10,13H2,(H,26,30)/t19-/m1/s1. The van der Waals surface area contributed by atoms with Crippen LogP contribution in [0.2, 0.25) is 5.02 Å². The molecular weight excluding hydrogens is 554 g/mol. The fourth-order valence-corrected chi connectivity index (χ4v) is 5.57. The molecule has 12 nitrogen and oxygen atoms in total. The highest BCUT2D eigenvalue weighted by atomic mass is 35.5. The van der Waals surface area contributed by atoms with Gasteiger partial charge in [0.25, 0.3) is 5.91 Å². The summed E-state index contributed by atoms with van der Waals surface area (Å²) < 4.78 is 67.3. The Morgan fingerprint density at radius 2 is 1.68 bits per heavy atom. The number of hydrogen-bond acceptors (Lipinski definition) is 9. The molecule has 0 aromatic heterocycles. The molecule has 38 heavy (non-hydrogen) atoms. The largest absolute Gasteiger partial charge is 0.451 e. The minimum Gasteiger partial charge on any atom is -0.451 e. The van der Waals surface area contributed by atoms with Crippen LogP contribution in [0.4, 0.5) is 13.6 Å². The van der Waals surface area contributed by atoms with Crippen LogP contribution in [0.15, 0.2) is 41.3 Å². The van der Waals surface area contributed by atoms with Gasteiger partial charge in [0.1, 0.15) is 11.8 Å². The zero-order valence-corrected chi connectivity index (χ0v) is 21.3. The van der Waals surface area contributed by atoms with Gasteiger partial charge < -0.3 is 19.2 Å². The highest BCUT2D eigenvalue weighted by molar-refractivity contribution is 7.89. The molecule has 206 valence electrons. The number of benzene rings is 2. The molecule has 2 fully saturated rings. The van der Waals surface area contributed by atoms with Crippen LogP contribution >= 0.6 is 11.6 Å². The van der Waals surface area contributed by atoms with Crippen molar-refractivity contribution < 1.29 is 46.3 Å². The number of rotatable bonds is 6. The van der Waals surface area contributed by atoms with Crippen LogP contribution in [0.3, 0.4) is 0 Å². The van der Waals surface area contributed by atoms with Gasteiger partial charge in [0.05, 0.1) is 31.2 Å². The van der Waals surface area contributed by atoms with E-state index >= 15 is 0 Å². The molecule has 2 heterocycles. The Hall–Kier alpha value is -3.08. The van der Waals surface area contributed by atoms with Gasteiger partial charge in [-0.3, -0.25) is 10.0 Å². The lowest BCUT2D eigenvalue weighted by molar-refractivity contribution is -0.156. The van der Waals surface area contributed by atoms with Gasteiger partial charge in [-0.15, -0.1) is 5.06 Å². The zero-order chi connectivity index (χ0) is 27.4. The van der Waals surface area contributed by atoms with Gasteiger partial charge >= 0.3 is 6.09 Å². The van der Waals surface area contributed by atoms with Crippen molar-refractivity contribution in [1.29, 1.82) is 0 Å². The molecule has 2 aromatic rings. The molecule has 1 atom stereocenters. The number of carbonyl (C=O) groups is 2. The molecule has 2 aliphatic heterocycles. The van der Waals surface area contributed by atoms with E-state index < -0.39 is 63.4 Å². The molecule has 0 radical (unpaired) electrons. The summed E-state index contributed by atoms with van der Waals surface area (Å²) >= 11 is 5.78. The first-order chi connectivity index (χ1) is 18.1. The van der Waals surface area contributed by atoms with Crippen molar-refractivity contribution in [3.05, 3.63) is 53.1 Å². The third-order valence-electron chi connectivity index (χ3n) is 5.79. The quantitative estimate of drug-likeness (QED) is 0.390. The van der Waals surface area contributed by atoms with Gasteiger partial charge in [-0.05, 0) is 36.4 Å². The monoisotopic (exact) mass is 576 g/mol. The second kappa shape index (κ2) is 11.8. The van der Waals surface area contributed by atoms with Gasteiger partial charge in [0, 0.05) is 24.7 Å². The lowest BCUT2D eigenvalue weighted by Gasteiger charge is -2.39. The molecule has 0 saturated carbocycles.